The Balaban J connectivity index is 1.60. The van der Waals surface area contributed by atoms with Gasteiger partial charge in [0.1, 0.15) is 11.9 Å². The maximum absolute atomic E-state index is 13.3. The number of carbonyl (C=O) groups is 1. The molecule has 0 aromatic heterocycles. The van der Waals surface area contributed by atoms with Gasteiger partial charge in [-0.05, 0) is 55.8 Å². The number of methoxy groups -OCH3 is 1. The number of fused-ring (bicyclic) bond motifs is 1. The number of aliphatic hydroxyl groups is 1. The van der Waals surface area contributed by atoms with Crippen LogP contribution in [-0.2, 0) is 4.79 Å². The maximum Gasteiger partial charge on any atom is 0.257 e. The molecule has 0 radical (unpaired) electrons. The highest BCUT2D eigenvalue weighted by Crippen LogP contribution is 2.45. The summed E-state index contributed by atoms with van der Waals surface area (Å²) >= 11 is 1.55. The zero-order chi connectivity index (χ0) is 20.2. The molecule has 2 aliphatic rings. The first-order valence-electron chi connectivity index (χ1n) is 10.3. The van der Waals surface area contributed by atoms with Crippen LogP contribution in [0.15, 0.2) is 53.4 Å². The van der Waals surface area contributed by atoms with Crippen LogP contribution in [0.1, 0.15) is 30.1 Å². The van der Waals surface area contributed by atoms with Crippen molar-refractivity contribution < 1.29 is 14.6 Å². The van der Waals surface area contributed by atoms with E-state index < -0.39 is 6.10 Å². The fourth-order valence-corrected chi connectivity index (χ4v) is 5.36. The molecule has 1 N–H and O–H groups in total. The van der Waals surface area contributed by atoms with E-state index in [9.17, 15) is 9.90 Å². The minimum absolute atomic E-state index is 0.222. The highest BCUT2D eigenvalue weighted by molar-refractivity contribution is 7.99. The predicted molar refractivity (Wildman–Crippen MR) is 117 cm³/mol. The summed E-state index contributed by atoms with van der Waals surface area (Å²) < 4.78 is 5.24. The quantitative estimate of drug-likeness (QED) is 0.811. The second-order valence-corrected chi connectivity index (χ2v) is 8.80. The van der Waals surface area contributed by atoms with Crippen LogP contribution in [0.2, 0.25) is 0 Å². The Hall–Kier alpha value is -2.02. The third-order valence-corrected chi connectivity index (χ3v) is 7.13. The van der Waals surface area contributed by atoms with Crippen LogP contribution in [0.4, 0.5) is 5.69 Å². The molecule has 2 aromatic rings. The van der Waals surface area contributed by atoms with Crippen LogP contribution in [0.5, 0.6) is 5.75 Å². The van der Waals surface area contributed by atoms with Crippen molar-refractivity contribution in [2.45, 2.75) is 35.5 Å². The fourth-order valence-electron chi connectivity index (χ4n) is 4.09. The van der Waals surface area contributed by atoms with Crippen molar-refractivity contribution in [1.82, 2.24) is 4.90 Å². The Morgan fingerprint density at radius 1 is 1.03 bits per heavy atom. The van der Waals surface area contributed by atoms with Crippen LogP contribution in [0.3, 0.4) is 0 Å². The molecular weight excluding hydrogens is 384 g/mol. The summed E-state index contributed by atoms with van der Waals surface area (Å²) in [5.74, 6) is 0.539. The van der Waals surface area contributed by atoms with Gasteiger partial charge in [-0.15, -0.1) is 11.8 Å². The lowest BCUT2D eigenvalue weighted by atomic mass is 10.1. The number of rotatable bonds is 5. The molecule has 0 unspecified atom stereocenters. The van der Waals surface area contributed by atoms with E-state index in [0.717, 1.165) is 41.5 Å². The maximum atomic E-state index is 13.3. The van der Waals surface area contributed by atoms with E-state index in [0.29, 0.717) is 6.54 Å². The average molecular weight is 413 g/mol. The Bertz CT molecular complexity index is 836. The molecular formula is C23H28N2O3S. The number of hydrogen-bond acceptors (Lipinski definition) is 5. The zero-order valence-electron chi connectivity index (χ0n) is 16.8. The van der Waals surface area contributed by atoms with Gasteiger partial charge in [0.15, 0.2) is 0 Å². The van der Waals surface area contributed by atoms with Gasteiger partial charge in [0, 0.05) is 18.0 Å². The van der Waals surface area contributed by atoms with Crippen LogP contribution in [-0.4, -0.2) is 55.3 Å². The Morgan fingerprint density at radius 2 is 1.76 bits per heavy atom. The number of amides is 1. The molecule has 154 valence electrons. The zero-order valence-corrected chi connectivity index (χ0v) is 17.6. The number of ether oxygens (including phenoxy) is 1. The number of hydrogen-bond donors (Lipinski definition) is 1. The number of aliphatic hydroxyl groups excluding tert-OH is 1. The molecule has 1 fully saturated rings. The second-order valence-electron chi connectivity index (χ2n) is 7.62. The van der Waals surface area contributed by atoms with Gasteiger partial charge in [-0.1, -0.05) is 30.7 Å². The topological polar surface area (TPSA) is 53.0 Å². The smallest absolute Gasteiger partial charge is 0.257 e. The molecule has 4 rings (SSSR count). The molecule has 0 aliphatic carbocycles. The van der Waals surface area contributed by atoms with E-state index in [-0.39, 0.29) is 11.2 Å². The largest absolute Gasteiger partial charge is 0.497 e. The Labute approximate surface area is 176 Å². The highest BCUT2D eigenvalue weighted by Gasteiger charge is 2.37. The van der Waals surface area contributed by atoms with Crippen molar-refractivity contribution in [2.24, 2.45) is 0 Å². The number of likely N-dealkylation sites (tertiary alicyclic amines) is 1. The van der Waals surface area contributed by atoms with Crippen molar-refractivity contribution in [3.8, 4) is 5.75 Å². The molecule has 1 saturated heterocycles. The molecule has 29 heavy (non-hydrogen) atoms. The van der Waals surface area contributed by atoms with Gasteiger partial charge in [0.05, 0.1) is 18.0 Å². The minimum Gasteiger partial charge on any atom is -0.497 e. The first kappa shape index (κ1) is 20.3. The molecule has 0 bridgehead atoms. The summed E-state index contributed by atoms with van der Waals surface area (Å²) in [4.78, 5) is 18.5. The van der Waals surface area contributed by atoms with Crippen LogP contribution in [0, 0.1) is 0 Å². The monoisotopic (exact) mass is 412 g/mol. The van der Waals surface area contributed by atoms with Gasteiger partial charge in [-0.2, -0.15) is 0 Å². The van der Waals surface area contributed by atoms with Gasteiger partial charge in [0.2, 0.25) is 0 Å². The van der Waals surface area contributed by atoms with E-state index in [1.807, 2.05) is 48.5 Å². The van der Waals surface area contributed by atoms with Crippen molar-refractivity contribution in [3.05, 3.63) is 54.1 Å². The van der Waals surface area contributed by atoms with E-state index in [4.69, 9.17) is 4.74 Å². The van der Waals surface area contributed by atoms with Crippen LogP contribution in [0.25, 0.3) is 0 Å². The predicted octanol–water partition coefficient (Wildman–Crippen LogP) is 3.72. The standard InChI is InChI=1S/C23H28N2O3S/c1-28-18-11-9-17(10-12-18)22-21(26)23(27)25(16-15-24-13-5-2-6-14-24)19-7-3-4-8-20(19)29-22/h3-4,7-12,21-22,26H,2,5-6,13-16H2,1H3/t21-,22+/m0/s1. The fraction of sp³-hybridized carbons (Fsp3) is 0.435. The summed E-state index contributed by atoms with van der Waals surface area (Å²) in [6.45, 7) is 3.62. The first-order valence-corrected chi connectivity index (χ1v) is 11.2. The summed E-state index contributed by atoms with van der Waals surface area (Å²) in [6.07, 6.45) is 2.65. The number of nitrogens with zero attached hydrogens (tertiary/aromatic N) is 2. The summed E-state index contributed by atoms with van der Waals surface area (Å²) in [6, 6.07) is 15.6. The molecule has 6 heteroatoms. The van der Waals surface area contributed by atoms with Gasteiger partial charge in [-0.3, -0.25) is 4.79 Å². The normalized spacial score (nSPS) is 22.8. The van der Waals surface area contributed by atoms with Gasteiger partial charge in [-0.25, -0.2) is 0 Å². The van der Waals surface area contributed by atoms with Gasteiger partial charge in [0.25, 0.3) is 5.91 Å². The third-order valence-electron chi connectivity index (χ3n) is 5.75. The summed E-state index contributed by atoms with van der Waals surface area (Å²) in [7, 11) is 1.63. The Morgan fingerprint density at radius 3 is 2.48 bits per heavy atom. The molecule has 5 nitrogen and oxygen atoms in total. The SMILES string of the molecule is COc1ccc([C@H]2Sc3ccccc3N(CCN3CCCCC3)C(=O)[C@H]2O)cc1. The second kappa shape index (κ2) is 9.20. The van der Waals surface area contributed by atoms with E-state index in [1.54, 1.807) is 23.8 Å². The third kappa shape index (κ3) is 4.44. The van der Waals surface area contributed by atoms with E-state index in [2.05, 4.69) is 4.90 Å². The number of piperidine rings is 1. The first-order chi connectivity index (χ1) is 14.2. The van der Waals surface area contributed by atoms with Crippen LogP contribution >= 0.6 is 11.8 Å². The number of thioether (sulfide) groups is 1. The van der Waals surface area contributed by atoms with E-state index in [1.165, 1.54) is 19.3 Å². The highest BCUT2D eigenvalue weighted by atomic mass is 32.2. The molecule has 2 aliphatic heterocycles. The molecule has 2 aromatic carbocycles. The number of anilines is 1. The number of para-hydroxylation sites is 1. The molecule has 0 spiro atoms. The van der Waals surface area contributed by atoms with E-state index >= 15 is 0 Å². The number of carbonyl (C=O) groups excluding carboxylic acids is 1. The van der Waals surface area contributed by atoms with Gasteiger partial charge >= 0.3 is 0 Å². The van der Waals surface area contributed by atoms with Crippen molar-refractivity contribution >= 4 is 23.4 Å². The van der Waals surface area contributed by atoms with Crippen molar-refractivity contribution in [3.63, 3.8) is 0 Å². The molecule has 2 heterocycles. The summed E-state index contributed by atoms with van der Waals surface area (Å²) in [5, 5.41) is 10.7. The lowest BCUT2D eigenvalue weighted by Crippen LogP contribution is -2.45. The Kier molecular flexibility index (Phi) is 6.43. The molecule has 2 atom stereocenters. The van der Waals surface area contributed by atoms with Crippen molar-refractivity contribution in [2.75, 3.05) is 38.2 Å². The lowest BCUT2D eigenvalue weighted by Gasteiger charge is -2.30. The van der Waals surface area contributed by atoms with Crippen molar-refractivity contribution in [1.29, 1.82) is 0 Å². The summed E-state index contributed by atoms with van der Waals surface area (Å²) in [5.41, 5.74) is 1.82. The average Bonchev–Trinajstić information content (AvgIpc) is 2.88. The number of benzene rings is 2. The lowest BCUT2D eigenvalue weighted by molar-refractivity contribution is -0.126. The molecule has 0 saturated carbocycles. The molecule has 1 amide bonds. The minimum atomic E-state index is -1.10. The van der Waals surface area contributed by atoms with Gasteiger partial charge < -0.3 is 19.6 Å². The van der Waals surface area contributed by atoms with Crippen LogP contribution < -0.4 is 9.64 Å².